The van der Waals surface area contributed by atoms with Crippen molar-refractivity contribution in [2.24, 2.45) is 0 Å². The second-order valence-electron chi connectivity index (χ2n) is 5.07. The molecule has 0 spiro atoms. The van der Waals surface area contributed by atoms with Crippen molar-refractivity contribution >= 4 is 38.6 Å². The van der Waals surface area contributed by atoms with Gasteiger partial charge in [-0.3, -0.25) is 4.79 Å². The van der Waals surface area contributed by atoms with E-state index in [1.807, 2.05) is 50.2 Å². The van der Waals surface area contributed by atoms with Crippen LogP contribution in [0.3, 0.4) is 0 Å². The number of nitrogens with zero attached hydrogens (tertiary/aromatic N) is 1. The molecular formula is C17H15BrN2O2. The van der Waals surface area contributed by atoms with Gasteiger partial charge in [-0.1, -0.05) is 22.9 Å². The Kier molecular flexibility index (Phi) is 3.98. The number of amides is 1. The molecule has 0 aliphatic heterocycles. The molecule has 22 heavy (non-hydrogen) atoms. The molecule has 3 rings (SSSR count). The number of carbonyl (C=O) groups excluding carboxylic acids is 1. The highest BCUT2D eigenvalue weighted by atomic mass is 79.9. The first-order chi connectivity index (χ1) is 10.6. The standard InChI is InChI=1S/C17H15BrN2O2/c1-3-16(21)19-12-5-7-15-14(9-12)20-17(22-15)11-4-6-13(18)10(2)8-11/h4-9H,3H2,1-2H3,(H,19,21). The molecule has 1 N–H and O–H groups in total. The molecule has 112 valence electrons. The average Bonchev–Trinajstić information content (AvgIpc) is 2.93. The van der Waals surface area contributed by atoms with Crippen molar-refractivity contribution in [3.8, 4) is 11.5 Å². The van der Waals surface area contributed by atoms with Gasteiger partial charge < -0.3 is 9.73 Å². The van der Waals surface area contributed by atoms with Gasteiger partial charge in [0.25, 0.3) is 0 Å². The highest BCUT2D eigenvalue weighted by molar-refractivity contribution is 9.10. The molecule has 0 saturated heterocycles. The van der Waals surface area contributed by atoms with E-state index < -0.39 is 0 Å². The lowest BCUT2D eigenvalue weighted by Gasteiger charge is -2.01. The Hall–Kier alpha value is -2.14. The average molecular weight is 359 g/mol. The number of hydrogen-bond acceptors (Lipinski definition) is 3. The van der Waals surface area contributed by atoms with Crippen LogP contribution in [-0.2, 0) is 4.79 Å². The minimum Gasteiger partial charge on any atom is -0.436 e. The topological polar surface area (TPSA) is 55.1 Å². The summed E-state index contributed by atoms with van der Waals surface area (Å²) in [5.41, 5.74) is 4.20. The van der Waals surface area contributed by atoms with Crippen molar-refractivity contribution in [2.45, 2.75) is 20.3 Å². The Morgan fingerprint density at radius 2 is 2.09 bits per heavy atom. The van der Waals surface area contributed by atoms with Gasteiger partial charge in [-0.2, -0.15) is 0 Å². The zero-order valence-corrected chi connectivity index (χ0v) is 13.9. The molecular weight excluding hydrogens is 344 g/mol. The van der Waals surface area contributed by atoms with E-state index in [4.69, 9.17) is 4.42 Å². The molecule has 1 amide bonds. The molecule has 1 aromatic heterocycles. The van der Waals surface area contributed by atoms with Gasteiger partial charge in [-0.15, -0.1) is 0 Å². The number of hydrogen-bond donors (Lipinski definition) is 1. The number of carbonyl (C=O) groups is 1. The number of nitrogens with one attached hydrogen (secondary N) is 1. The molecule has 0 saturated carbocycles. The first kappa shape index (κ1) is 14.8. The lowest BCUT2D eigenvalue weighted by molar-refractivity contribution is -0.115. The monoisotopic (exact) mass is 358 g/mol. The molecule has 0 aliphatic rings. The van der Waals surface area contributed by atoms with Crippen molar-refractivity contribution in [3.05, 3.63) is 46.4 Å². The van der Waals surface area contributed by atoms with E-state index in [2.05, 4.69) is 26.2 Å². The molecule has 0 bridgehead atoms. The minimum atomic E-state index is -0.0217. The summed E-state index contributed by atoms with van der Waals surface area (Å²) in [5, 5.41) is 2.82. The van der Waals surface area contributed by atoms with Gasteiger partial charge in [-0.25, -0.2) is 4.98 Å². The fraction of sp³-hybridized carbons (Fsp3) is 0.176. The van der Waals surface area contributed by atoms with Crippen LogP contribution in [-0.4, -0.2) is 10.9 Å². The van der Waals surface area contributed by atoms with Crippen LogP contribution in [0, 0.1) is 6.92 Å². The molecule has 4 nitrogen and oxygen atoms in total. The Morgan fingerprint density at radius 3 is 2.82 bits per heavy atom. The van der Waals surface area contributed by atoms with Crippen LogP contribution >= 0.6 is 15.9 Å². The minimum absolute atomic E-state index is 0.0217. The van der Waals surface area contributed by atoms with Crippen LogP contribution in [0.25, 0.3) is 22.6 Å². The van der Waals surface area contributed by atoms with Gasteiger partial charge >= 0.3 is 0 Å². The fourth-order valence-electron chi connectivity index (χ4n) is 2.16. The van der Waals surface area contributed by atoms with E-state index in [1.165, 1.54) is 0 Å². The molecule has 2 aromatic carbocycles. The molecule has 5 heteroatoms. The van der Waals surface area contributed by atoms with Gasteiger partial charge in [0, 0.05) is 22.1 Å². The summed E-state index contributed by atoms with van der Waals surface area (Å²) in [4.78, 5) is 16.0. The number of rotatable bonds is 3. The zero-order valence-electron chi connectivity index (χ0n) is 12.3. The highest BCUT2D eigenvalue weighted by Crippen LogP contribution is 2.28. The first-order valence-electron chi connectivity index (χ1n) is 7.04. The third-order valence-electron chi connectivity index (χ3n) is 3.40. The molecule has 1 heterocycles. The highest BCUT2D eigenvalue weighted by Gasteiger charge is 2.10. The lowest BCUT2D eigenvalue weighted by atomic mass is 10.1. The second-order valence-corrected chi connectivity index (χ2v) is 5.92. The van der Waals surface area contributed by atoms with E-state index >= 15 is 0 Å². The molecule has 0 fully saturated rings. The lowest BCUT2D eigenvalue weighted by Crippen LogP contribution is -2.08. The van der Waals surface area contributed by atoms with Crippen LogP contribution in [0.4, 0.5) is 5.69 Å². The number of oxazole rings is 1. The fourth-order valence-corrected chi connectivity index (χ4v) is 2.40. The predicted octanol–water partition coefficient (Wildman–Crippen LogP) is 4.91. The van der Waals surface area contributed by atoms with Gasteiger partial charge in [0.15, 0.2) is 5.58 Å². The van der Waals surface area contributed by atoms with E-state index in [0.29, 0.717) is 17.9 Å². The molecule has 0 radical (unpaired) electrons. The predicted molar refractivity (Wildman–Crippen MR) is 90.8 cm³/mol. The summed E-state index contributed by atoms with van der Waals surface area (Å²) in [6, 6.07) is 11.4. The van der Waals surface area contributed by atoms with Crippen molar-refractivity contribution in [1.29, 1.82) is 0 Å². The number of benzene rings is 2. The van der Waals surface area contributed by atoms with E-state index in [1.54, 1.807) is 0 Å². The molecule has 0 unspecified atom stereocenters. The van der Waals surface area contributed by atoms with Gasteiger partial charge in [0.05, 0.1) is 0 Å². The third-order valence-corrected chi connectivity index (χ3v) is 4.29. The Morgan fingerprint density at radius 1 is 1.27 bits per heavy atom. The summed E-state index contributed by atoms with van der Waals surface area (Å²) >= 11 is 3.48. The second kappa shape index (κ2) is 5.93. The number of aryl methyl sites for hydroxylation is 1. The quantitative estimate of drug-likeness (QED) is 0.723. The third kappa shape index (κ3) is 2.90. The van der Waals surface area contributed by atoms with E-state index in [0.717, 1.165) is 26.8 Å². The number of aromatic nitrogens is 1. The van der Waals surface area contributed by atoms with Gasteiger partial charge in [0.1, 0.15) is 5.52 Å². The van der Waals surface area contributed by atoms with Crippen LogP contribution in [0.5, 0.6) is 0 Å². The van der Waals surface area contributed by atoms with Gasteiger partial charge in [-0.05, 0) is 48.9 Å². The largest absolute Gasteiger partial charge is 0.436 e. The van der Waals surface area contributed by atoms with Crippen LogP contribution in [0.2, 0.25) is 0 Å². The molecule has 0 atom stereocenters. The van der Waals surface area contributed by atoms with Crippen LogP contribution in [0.15, 0.2) is 45.3 Å². The van der Waals surface area contributed by atoms with Crippen molar-refractivity contribution in [1.82, 2.24) is 4.98 Å². The summed E-state index contributed by atoms with van der Waals surface area (Å²) in [7, 11) is 0. The Bertz CT molecular complexity index is 855. The number of anilines is 1. The van der Waals surface area contributed by atoms with Gasteiger partial charge in [0.2, 0.25) is 11.8 Å². The summed E-state index contributed by atoms with van der Waals surface area (Å²) < 4.78 is 6.85. The van der Waals surface area contributed by atoms with Crippen LogP contribution < -0.4 is 5.32 Å². The zero-order chi connectivity index (χ0) is 15.7. The van der Waals surface area contributed by atoms with E-state index in [9.17, 15) is 4.79 Å². The smallest absolute Gasteiger partial charge is 0.227 e. The summed E-state index contributed by atoms with van der Waals surface area (Å²) in [6.45, 7) is 3.84. The Balaban J connectivity index is 1.98. The normalized spacial score (nSPS) is 10.9. The molecule has 0 aliphatic carbocycles. The van der Waals surface area contributed by atoms with Crippen LogP contribution in [0.1, 0.15) is 18.9 Å². The van der Waals surface area contributed by atoms with Crippen molar-refractivity contribution in [2.75, 3.05) is 5.32 Å². The first-order valence-corrected chi connectivity index (χ1v) is 7.83. The number of fused-ring (bicyclic) bond motifs is 1. The maximum absolute atomic E-state index is 11.5. The Labute approximate surface area is 136 Å². The SMILES string of the molecule is CCC(=O)Nc1ccc2oc(-c3ccc(Br)c(C)c3)nc2c1. The maximum Gasteiger partial charge on any atom is 0.227 e. The summed E-state index contributed by atoms with van der Waals surface area (Å²) in [5.74, 6) is 0.552. The summed E-state index contributed by atoms with van der Waals surface area (Å²) in [6.07, 6.45) is 0.445. The number of halogens is 1. The maximum atomic E-state index is 11.5. The van der Waals surface area contributed by atoms with E-state index in [-0.39, 0.29) is 5.91 Å². The van der Waals surface area contributed by atoms with Crippen molar-refractivity contribution in [3.63, 3.8) is 0 Å². The molecule has 3 aromatic rings. The van der Waals surface area contributed by atoms with Crippen molar-refractivity contribution < 1.29 is 9.21 Å².